The van der Waals surface area contributed by atoms with E-state index in [4.69, 9.17) is 0 Å². The van der Waals surface area contributed by atoms with Crippen molar-refractivity contribution in [3.8, 4) is 0 Å². The number of hydrogen-bond acceptors (Lipinski definition) is 4. The van der Waals surface area contributed by atoms with Crippen LogP contribution < -0.4 is 5.43 Å². The maximum Gasteiger partial charge on any atom is 0.269 e. The summed E-state index contributed by atoms with van der Waals surface area (Å²) in [6, 6.07) is 6.03. The average molecular weight is 263 g/mol. The second kappa shape index (κ2) is 7.25. The molecule has 1 aromatic rings. The lowest BCUT2D eigenvalue weighted by atomic mass is 10.1. The van der Waals surface area contributed by atoms with Gasteiger partial charge in [-0.05, 0) is 31.0 Å². The highest BCUT2D eigenvalue weighted by Gasteiger charge is 2.05. The number of amides is 1. The normalized spacial score (nSPS) is 11.2. The zero-order valence-corrected chi connectivity index (χ0v) is 11.0. The van der Waals surface area contributed by atoms with Crippen LogP contribution in [0, 0.1) is 10.1 Å². The Morgan fingerprint density at radius 3 is 2.53 bits per heavy atom. The predicted molar refractivity (Wildman–Crippen MR) is 73.0 cm³/mol. The molecule has 102 valence electrons. The van der Waals surface area contributed by atoms with E-state index in [2.05, 4.69) is 10.5 Å². The fourth-order valence-electron chi connectivity index (χ4n) is 1.43. The summed E-state index contributed by atoms with van der Waals surface area (Å²) in [6.07, 6.45) is 2.24. The molecule has 0 saturated heterocycles. The van der Waals surface area contributed by atoms with Crippen LogP contribution in [-0.2, 0) is 4.79 Å². The summed E-state index contributed by atoms with van der Waals surface area (Å²) in [6.45, 7) is 3.75. The van der Waals surface area contributed by atoms with Crippen molar-refractivity contribution in [3.63, 3.8) is 0 Å². The predicted octanol–water partition coefficient (Wildman–Crippen LogP) is 2.63. The zero-order valence-electron chi connectivity index (χ0n) is 11.0. The SMILES string of the molecule is CCCCC(=O)NN=C(C)c1ccc([N+](=O)[O-])cc1. The monoisotopic (exact) mass is 263 g/mol. The van der Waals surface area contributed by atoms with Crippen LogP contribution in [0.2, 0.25) is 0 Å². The van der Waals surface area contributed by atoms with Crippen LogP contribution in [-0.4, -0.2) is 16.5 Å². The molecular formula is C13H17N3O3. The van der Waals surface area contributed by atoms with E-state index in [0.717, 1.165) is 18.4 Å². The summed E-state index contributed by atoms with van der Waals surface area (Å²) >= 11 is 0. The Labute approximate surface area is 111 Å². The molecule has 0 atom stereocenters. The van der Waals surface area contributed by atoms with Gasteiger partial charge in [-0.2, -0.15) is 5.10 Å². The smallest absolute Gasteiger partial charge is 0.269 e. The van der Waals surface area contributed by atoms with Gasteiger partial charge in [0.05, 0.1) is 10.6 Å². The third-order valence-electron chi connectivity index (χ3n) is 2.60. The molecule has 0 aromatic heterocycles. The quantitative estimate of drug-likeness (QED) is 0.486. The van der Waals surface area contributed by atoms with E-state index in [1.165, 1.54) is 12.1 Å². The lowest BCUT2D eigenvalue weighted by Crippen LogP contribution is -2.18. The molecule has 0 heterocycles. The second-order valence-corrected chi connectivity index (χ2v) is 4.14. The van der Waals surface area contributed by atoms with Crippen molar-refractivity contribution in [2.24, 2.45) is 5.10 Å². The summed E-state index contributed by atoms with van der Waals surface area (Å²) in [5.41, 5.74) is 3.85. The molecule has 0 aliphatic heterocycles. The molecule has 0 unspecified atom stereocenters. The number of rotatable bonds is 6. The molecule has 0 bridgehead atoms. The highest BCUT2D eigenvalue weighted by Crippen LogP contribution is 2.12. The van der Waals surface area contributed by atoms with Gasteiger partial charge in [0, 0.05) is 18.6 Å². The molecule has 1 N–H and O–H groups in total. The van der Waals surface area contributed by atoms with Crippen LogP contribution in [0.25, 0.3) is 0 Å². The molecule has 0 radical (unpaired) electrons. The van der Waals surface area contributed by atoms with Crippen LogP contribution in [0.1, 0.15) is 38.7 Å². The van der Waals surface area contributed by atoms with E-state index in [1.54, 1.807) is 19.1 Å². The Morgan fingerprint density at radius 2 is 2.00 bits per heavy atom. The number of hydrazone groups is 1. The molecule has 1 aromatic carbocycles. The summed E-state index contributed by atoms with van der Waals surface area (Å²) in [5, 5.41) is 14.5. The molecule has 0 aliphatic carbocycles. The van der Waals surface area contributed by atoms with Crippen molar-refractivity contribution in [2.45, 2.75) is 33.1 Å². The van der Waals surface area contributed by atoms with E-state index < -0.39 is 4.92 Å². The number of benzene rings is 1. The number of hydrogen-bond donors (Lipinski definition) is 1. The van der Waals surface area contributed by atoms with Crippen molar-refractivity contribution < 1.29 is 9.72 Å². The van der Waals surface area contributed by atoms with Gasteiger partial charge in [0.15, 0.2) is 0 Å². The van der Waals surface area contributed by atoms with Crippen LogP contribution >= 0.6 is 0 Å². The van der Waals surface area contributed by atoms with Gasteiger partial charge >= 0.3 is 0 Å². The maximum atomic E-state index is 11.4. The minimum atomic E-state index is -0.456. The van der Waals surface area contributed by atoms with E-state index in [0.29, 0.717) is 12.1 Å². The molecule has 6 heteroatoms. The molecule has 0 fully saturated rings. The Morgan fingerprint density at radius 1 is 1.37 bits per heavy atom. The van der Waals surface area contributed by atoms with Gasteiger partial charge in [-0.15, -0.1) is 0 Å². The Kier molecular flexibility index (Phi) is 5.66. The summed E-state index contributed by atoms with van der Waals surface area (Å²) in [5.74, 6) is -0.122. The van der Waals surface area contributed by atoms with Crippen LogP contribution in [0.3, 0.4) is 0 Å². The van der Waals surface area contributed by atoms with Crippen molar-refractivity contribution in [1.82, 2.24) is 5.43 Å². The number of unbranched alkanes of at least 4 members (excludes halogenated alkanes) is 1. The molecule has 19 heavy (non-hydrogen) atoms. The molecular weight excluding hydrogens is 246 g/mol. The van der Waals surface area contributed by atoms with Gasteiger partial charge in [0.25, 0.3) is 5.69 Å². The van der Waals surface area contributed by atoms with Crippen molar-refractivity contribution in [1.29, 1.82) is 0 Å². The lowest BCUT2D eigenvalue weighted by molar-refractivity contribution is -0.384. The number of nitro groups is 1. The van der Waals surface area contributed by atoms with Gasteiger partial charge in [0.1, 0.15) is 0 Å². The molecule has 0 spiro atoms. The molecule has 6 nitrogen and oxygen atoms in total. The first-order valence-electron chi connectivity index (χ1n) is 6.12. The maximum absolute atomic E-state index is 11.4. The average Bonchev–Trinajstić information content (AvgIpc) is 2.42. The fraction of sp³-hybridized carbons (Fsp3) is 0.385. The van der Waals surface area contributed by atoms with Gasteiger partial charge in [-0.25, -0.2) is 5.43 Å². The van der Waals surface area contributed by atoms with Crippen LogP contribution in [0.5, 0.6) is 0 Å². The third kappa shape index (κ3) is 4.87. The van der Waals surface area contributed by atoms with Gasteiger partial charge in [-0.3, -0.25) is 14.9 Å². The van der Waals surface area contributed by atoms with Gasteiger partial charge in [-0.1, -0.05) is 13.3 Å². The molecule has 0 saturated carbocycles. The minimum absolute atomic E-state index is 0.0310. The summed E-state index contributed by atoms with van der Waals surface area (Å²) in [4.78, 5) is 21.4. The highest BCUT2D eigenvalue weighted by atomic mass is 16.6. The third-order valence-corrected chi connectivity index (χ3v) is 2.60. The number of non-ortho nitro benzene ring substituents is 1. The second-order valence-electron chi connectivity index (χ2n) is 4.14. The van der Waals surface area contributed by atoms with Crippen LogP contribution in [0.4, 0.5) is 5.69 Å². The first kappa shape index (κ1) is 14.8. The number of carbonyl (C=O) groups excluding carboxylic acids is 1. The first-order valence-corrected chi connectivity index (χ1v) is 6.12. The first-order chi connectivity index (χ1) is 9.04. The van der Waals surface area contributed by atoms with Crippen LogP contribution in [0.15, 0.2) is 29.4 Å². The van der Waals surface area contributed by atoms with Gasteiger partial charge in [0.2, 0.25) is 5.91 Å². The van der Waals surface area contributed by atoms with E-state index in [9.17, 15) is 14.9 Å². The summed E-state index contributed by atoms with van der Waals surface area (Å²) < 4.78 is 0. The number of carbonyl (C=O) groups is 1. The van der Waals surface area contributed by atoms with Crippen molar-refractivity contribution in [3.05, 3.63) is 39.9 Å². The highest BCUT2D eigenvalue weighted by molar-refractivity contribution is 5.99. The van der Waals surface area contributed by atoms with E-state index >= 15 is 0 Å². The largest absolute Gasteiger partial charge is 0.273 e. The molecule has 1 rings (SSSR count). The number of nitrogens with one attached hydrogen (secondary N) is 1. The van der Waals surface area contributed by atoms with Crippen molar-refractivity contribution >= 4 is 17.3 Å². The topological polar surface area (TPSA) is 84.6 Å². The number of nitrogens with zero attached hydrogens (tertiary/aromatic N) is 2. The number of nitro benzene ring substituents is 1. The molecule has 1 amide bonds. The molecule has 0 aliphatic rings. The fourth-order valence-corrected chi connectivity index (χ4v) is 1.43. The Balaban J connectivity index is 2.63. The standard InChI is InChI=1S/C13H17N3O3/c1-3-4-5-13(17)15-14-10(2)11-6-8-12(9-7-11)16(18)19/h6-9H,3-5H2,1-2H3,(H,15,17). The van der Waals surface area contributed by atoms with Gasteiger partial charge < -0.3 is 0 Å². The minimum Gasteiger partial charge on any atom is -0.273 e. The Bertz CT molecular complexity index is 480. The lowest BCUT2D eigenvalue weighted by Gasteiger charge is -2.02. The van der Waals surface area contributed by atoms with E-state index in [-0.39, 0.29) is 11.6 Å². The Hall–Kier alpha value is -2.24. The zero-order chi connectivity index (χ0) is 14.3. The van der Waals surface area contributed by atoms with Crippen molar-refractivity contribution in [2.75, 3.05) is 0 Å². The van der Waals surface area contributed by atoms with E-state index in [1.807, 2.05) is 6.92 Å². The summed E-state index contributed by atoms with van der Waals surface area (Å²) in [7, 11) is 0.